The highest BCUT2D eigenvalue weighted by Crippen LogP contribution is 2.32. The van der Waals surface area contributed by atoms with Crippen molar-refractivity contribution >= 4 is 34.2 Å². The van der Waals surface area contributed by atoms with E-state index < -0.39 is 0 Å². The molecule has 7 nitrogen and oxygen atoms in total. The van der Waals surface area contributed by atoms with Gasteiger partial charge >= 0.3 is 0 Å². The molecule has 1 N–H and O–H groups in total. The van der Waals surface area contributed by atoms with Crippen molar-refractivity contribution < 1.29 is 9.53 Å². The molecule has 2 aromatic carbocycles. The molecule has 0 radical (unpaired) electrons. The Morgan fingerprint density at radius 1 is 1.03 bits per heavy atom. The Morgan fingerprint density at radius 3 is 2.74 bits per heavy atom. The van der Waals surface area contributed by atoms with Crippen molar-refractivity contribution in [2.24, 2.45) is 0 Å². The molecule has 1 fully saturated rings. The fraction of sp³-hybridized carbons (Fsp3) is 0.261. The molecule has 0 bridgehead atoms. The van der Waals surface area contributed by atoms with E-state index in [-0.39, 0.29) is 5.91 Å². The molecule has 4 aromatic rings. The third-order valence-electron chi connectivity index (χ3n) is 5.52. The maximum Gasteiger partial charge on any atom is 0.273 e. The molecule has 31 heavy (non-hydrogen) atoms. The van der Waals surface area contributed by atoms with Crippen LogP contribution in [0.2, 0.25) is 0 Å². The Morgan fingerprint density at radius 2 is 1.87 bits per heavy atom. The predicted molar refractivity (Wildman–Crippen MR) is 123 cm³/mol. The summed E-state index contributed by atoms with van der Waals surface area (Å²) in [6.45, 7) is 2.93. The Bertz CT molecular complexity index is 1180. The van der Waals surface area contributed by atoms with E-state index in [9.17, 15) is 4.79 Å². The number of H-pyrrole nitrogens is 1. The first-order chi connectivity index (χ1) is 15.2. The number of benzene rings is 2. The number of aromatic nitrogens is 3. The number of hydrogen-bond acceptors (Lipinski definition) is 6. The van der Waals surface area contributed by atoms with Crippen LogP contribution in [0, 0.1) is 0 Å². The Labute approximate surface area is 184 Å². The highest BCUT2D eigenvalue weighted by atomic mass is 32.1. The maximum atomic E-state index is 13.1. The number of rotatable bonds is 4. The number of aromatic amines is 1. The molecule has 0 saturated carbocycles. The van der Waals surface area contributed by atoms with E-state index in [2.05, 4.69) is 14.9 Å². The van der Waals surface area contributed by atoms with E-state index in [1.807, 2.05) is 58.8 Å². The average Bonchev–Trinajstić information content (AvgIpc) is 3.40. The van der Waals surface area contributed by atoms with Crippen LogP contribution in [0.4, 0.5) is 5.95 Å². The second-order valence-corrected chi connectivity index (χ2v) is 8.31. The highest BCUT2D eigenvalue weighted by molar-refractivity contribution is 7.13. The number of carbonyl (C=O) groups is 1. The zero-order valence-electron chi connectivity index (χ0n) is 17.2. The number of imidazole rings is 1. The summed E-state index contributed by atoms with van der Waals surface area (Å²) in [4.78, 5) is 30.0. The summed E-state index contributed by atoms with van der Waals surface area (Å²) in [5, 5.41) is 2.63. The lowest BCUT2D eigenvalue weighted by molar-refractivity contribution is 0.0762. The molecular formula is C23H23N5O2S. The number of carbonyl (C=O) groups excluding carboxylic acids is 1. The normalized spacial score (nSPS) is 14.6. The standard InChI is InChI=1S/C23H23N5O2S/c1-30-20-10-5-2-7-16(20)21-24-19(15-31-21)22(29)27-11-6-12-28(14-13-27)23-25-17-8-3-4-9-18(17)26-23/h2-5,7-10,15H,6,11-14H2,1H3,(H,25,26). The van der Waals surface area contributed by atoms with Gasteiger partial charge in [0, 0.05) is 31.6 Å². The van der Waals surface area contributed by atoms with Gasteiger partial charge in [0.15, 0.2) is 0 Å². The number of para-hydroxylation sites is 3. The summed E-state index contributed by atoms with van der Waals surface area (Å²) in [6.07, 6.45) is 0.881. The number of fused-ring (bicyclic) bond motifs is 1. The molecule has 2 aromatic heterocycles. The number of hydrogen-bond donors (Lipinski definition) is 1. The number of ether oxygens (including phenoxy) is 1. The number of nitrogens with one attached hydrogen (secondary N) is 1. The lowest BCUT2D eigenvalue weighted by Gasteiger charge is -2.21. The van der Waals surface area contributed by atoms with Gasteiger partial charge in [-0.05, 0) is 30.7 Å². The van der Waals surface area contributed by atoms with Crippen molar-refractivity contribution in [2.45, 2.75) is 6.42 Å². The van der Waals surface area contributed by atoms with Gasteiger partial charge in [-0.2, -0.15) is 0 Å². The summed E-state index contributed by atoms with van der Waals surface area (Å²) >= 11 is 1.47. The first-order valence-electron chi connectivity index (χ1n) is 10.3. The van der Waals surface area contributed by atoms with Gasteiger partial charge in [-0.15, -0.1) is 11.3 Å². The van der Waals surface area contributed by atoms with Gasteiger partial charge in [-0.25, -0.2) is 9.97 Å². The van der Waals surface area contributed by atoms with Crippen LogP contribution in [-0.2, 0) is 0 Å². The SMILES string of the molecule is COc1ccccc1-c1nc(C(=O)N2CCCN(c3nc4ccccc4[nH]3)CC2)cs1. The second kappa shape index (κ2) is 8.39. The molecule has 1 amide bonds. The van der Waals surface area contributed by atoms with Gasteiger partial charge in [-0.1, -0.05) is 24.3 Å². The second-order valence-electron chi connectivity index (χ2n) is 7.45. The zero-order valence-corrected chi connectivity index (χ0v) is 18.1. The number of nitrogens with zero attached hydrogens (tertiary/aromatic N) is 4. The quantitative estimate of drug-likeness (QED) is 0.526. The molecule has 5 rings (SSSR count). The molecule has 3 heterocycles. The third kappa shape index (κ3) is 3.86. The fourth-order valence-electron chi connectivity index (χ4n) is 3.90. The lowest BCUT2D eigenvalue weighted by Crippen LogP contribution is -2.35. The highest BCUT2D eigenvalue weighted by Gasteiger charge is 2.24. The molecule has 8 heteroatoms. The first kappa shape index (κ1) is 19.6. The van der Waals surface area contributed by atoms with Crippen LogP contribution < -0.4 is 9.64 Å². The van der Waals surface area contributed by atoms with Crippen molar-refractivity contribution in [1.29, 1.82) is 0 Å². The predicted octanol–water partition coefficient (Wildman–Crippen LogP) is 4.05. The smallest absolute Gasteiger partial charge is 0.273 e. The minimum atomic E-state index is -0.0242. The van der Waals surface area contributed by atoms with Gasteiger partial charge in [0.2, 0.25) is 5.95 Å². The summed E-state index contributed by atoms with van der Waals surface area (Å²) in [7, 11) is 1.64. The van der Waals surface area contributed by atoms with Crippen LogP contribution in [0.15, 0.2) is 53.9 Å². The van der Waals surface area contributed by atoms with E-state index >= 15 is 0 Å². The fourth-order valence-corrected chi connectivity index (χ4v) is 4.72. The van der Waals surface area contributed by atoms with Crippen LogP contribution in [0.1, 0.15) is 16.9 Å². The minimum absolute atomic E-state index is 0.0242. The molecule has 1 saturated heterocycles. The number of methoxy groups -OCH3 is 1. The van der Waals surface area contributed by atoms with Crippen LogP contribution >= 0.6 is 11.3 Å². The van der Waals surface area contributed by atoms with E-state index in [1.165, 1.54) is 11.3 Å². The molecule has 1 aliphatic heterocycles. The Kier molecular flexibility index (Phi) is 5.30. The number of thiazole rings is 1. The average molecular weight is 434 g/mol. The maximum absolute atomic E-state index is 13.1. The molecule has 0 atom stereocenters. The van der Waals surface area contributed by atoms with Gasteiger partial charge < -0.3 is 19.5 Å². The topological polar surface area (TPSA) is 74.3 Å². The molecule has 158 valence electrons. The van der Waals surface area contributed by atoms with Crippen molar-refractivity contribution in [3.63, 3.8) is 0 Å². The van der Waals surface area contributed by atoms with Crippen molar-refractivity contribution in [1.82, 2.24) is 19.9 Å². The minimum Gasteiger partial charge on any atom is -0.496 e. The van der Waals surface area contributed by atoms with Crippen LogP contribution in [0.5, 0.6) is 5.75 Å². The molecule has 0 spiro atoms. The van der Waals surface area contributed by atoms with Crippen molar-refractivity contribution in [2.75, 3.05) is 38.2 Å². The molecule has 0 unspecified atom stereocenters. The van der Waals surface area contributed by atoms with Gasteiger partial charge in [0.25, 0.3) is 5.91 Å². The molecular weight excluding hydrogens is 410 g/mol. The largest absolute Gasteiger partial charge is 0.496 e. The van der Waals surface area contributed by atoms with E-state index in [4.69, 9.17) is 9.72 Å². The summed E-state index contributed by atoms with van der Waals surface area (Å²) < 4.78 is 5.43. The number of anilines is 1. The van der Waals surface area contributed by atoms with Crippen LogP contribution in [0.25, 0.3) is 21.6 Å². The van der Waals surface area contributed by atoms with E-state index in [0.29, 0.717) is 18.8 Å². The Hall–Kier alpha value is -3.39. The van der Waals surface area contributed by atoms with E-state index in [1.54, 1.807) is 7.11 Å². The van der Waals surface area contributed by atoms with E-state index in [0.717, 1.165) is 52.8 Å². The lowest BCUT2D eigenvalue weighted by atomic mass is 10.2. The van der Waals surface area contributed by atoms with Crippen LogP contribution in [-0.4, -0.2) is 59.0 Å². The van der Waals surface area contributed by atoms with Gasteiger partial charge in [0.1, 0.15) is 16.5 Å². The zero-order chi connectivity index (χ0) is 21.2. The third-order valence-corrected chi connectivity index (χ3v) is 6.40. The monoisotopic (exact) mass is 433 g/mol. The Balaban J connectivity index is 1.30. The van der Waals surface area contributed by atoms with Gasteiger partial charge in [0.05, 0.1) is 23.7 Å². The van der Waals surface area contributed by atoms with Crippen molar-refractivity contribution in [3.8, 4) is 16.3 Å². The van der Waals surface area contributed by atoms with Crippen molar-refractivity contribution in [3.05, 3.63) is 59.6 Å². The molecule has 0 aliphatic carbocycles. The number of amides is 1. The molecule has 1 aliphatic rings. The van der Waals surface area contributed by atoms with Gasteiger partial charge in [-0.3, -0.25) is 4.79 Å². The summed E-state index contributed by atoms with van der Waals surface area (Å²) in [6, 6.07) is 15.8. The summed E-state index contributed by atoms with van der Waals surface area (Å²) in [5.41, 5.74) is 3.38. The summed E-state index contributed by atoms with van der Waals surface area (Å²) in [5.74, 6) is 1.60. The van der Waals surface area contributed by atoms with Crippen LogP contribution in [0.3, 0.4) is 0 Å². The first-order valence-corrected chi connectivity index (χ1v) is 11.2.